The van der Waals surface area contributed by atoms with Crippen molar-refractivity contribution in [2.75, 3.05) is 18.1 Å². The van der Waals surface area contributed by atoms with E-state index in [9.17, 15) is 4.79 Å². The minimum absolute atomic E-state index is 0.132. The predicted octanol–water partition coefficient (Wildman–Crippen LogP) is 1.26. The summed E-state index contributed by atoms with van der Waals surface area (Å²) in [5.41, 5.74) is 6.11. The van der Waals surface area contributed by atoms with Gasteiger partial charge in [-0.1, -0.05) is 5.92 Å². The second-order valence-corrected chi connectivity index (χ2v) is 5.37. The standard InChI is InChI=1S/C11H15N3OS2/c1-3-5-16-6-4-13-10(15)9-7-17-11(14-9)8(2)12/h1,7-8H,4-6,12H2,2H3,(H,13,15). The minimum atomic E-state index is -0.158. The monoisotopic (exact) mass is 269 g/mol. The van der Waals surface area contributed by atoms with Gasteiger partial charge < -0.3 is 11.1 Å². The van der Waals surface area contributed by atoms with E-state index in [4.69, 9.17) is 12.2 Å². The molecule has 92 valence electrons. The van der Waals surface area contributed by atoms with E-state index in [2.05, 4.69) is 16.2 Å². The first-order valence-electron chi connectivity index (χ1n) is 5.15. The van der Waals surface area contributed by atoms with Gasteiger partial charge in [-0.3, -0.25) is 4.79 Å². The van der Waals surface area contributed by atoms with Crippen LogP contribution in [0.4, 0.5) is 0 Å². The van der Waals surface area contributed by atoms with Crippen LogP contribution in [0.1, 0.15) is 28.5 Å². The topological polar surface area (TPSA) is 68.0 Å². The molecular weight excluding hydrogens is 254 g/mol. The Morgan fingerprint density at radius 3 is 3.18 bits per heavy atom. The molecule has 3 N–H and O–H groups in total. The summed E-state index contributed by atoms with van der Waals surface area (Å²) < 4.78 is 0. The molecule has 0 aliphatic heterocycles. The fraction of sp³-hybridized carbons (Fsp3) is 0.455. The summed E-state index contributed by atoms with van der Waals surface area (Å²) in [5, 5.41) is 5.28. The van der Waals surface area contributed by atoms with Crippen molar-refractivity contribution < 1.29 is 4.79 Å². The molecule has 0 aliphatic rings. The maximum atomic E-state index is 11.7. The van der Waals surface area contributed by atoms with Crippen molar-refractivity contribution in [3.05, 3.63) is 16.1 Å². The zero-order valence-electron chi connectivity index (χ0n) is 9.60. The smallest absolute Gasteiger partial charge is 0.270 e. The lowest BCUT2D eigenvalue weighted by Gasteiger charge is -2.01. The third-order valence-corrected chi connectivity index (χ3v) is 3.77. The summed E-state index contributed by atoms with van der Waals surface area (Å²) in [4.78, 5) is 15.8. The highest BCUT2D eigenvalue weighted by Crippen LogP contribution is 2.15. The van der Waals surface area contributed by atoms with Gasteiger partial charge in [0.05, 0.1) is 11.8 Å². The third-order valence-electron chi connectivity index (χ3n) is 1.86. The zero-order chi connectivity index (χ0) is 12.7. The molecule has 0 spiro atoms. The van der Waals surface area contributed by atoms with Crippen molar-refractivity contribution in [3.63, 3.8) is 0 Å². The zero-order valence-corrected chi connectivity index (χ0v) is 11.2. The van der Waals surface area contributed by atoms with E-state index in [0.717, 1.165) is 10.8 Å². The van der Waals surface area contributed by atoms with Gasteiger partial charge in [-0.15, -0.1) is 29.5 Å². The Balaban J connectivity index is 2.34. The summed E-state index contributed by atoms with van der Waals surface area (Å²) >= 11 is 3.02. The molecule has 0 aromatic carbocycles. The van der Waals surface area contributed by atoms with Gasteiger partial charge in [-0.25, -0.2) is 4.98 Å². The Hall–Kier alpha value is -1.03. The number of terminal acetylenes is 1. The molecule has 0 fully saturated rings. The molecule has 0 saturated heterocycles. The van der Waals surface area contributed by atoms with Crippen LogP contribution in [0, 0.1) is 12.3 Å². The second-order valence-electron chi connectivity index (χ2n) is 3.37. The molecule has 1 unspecified atom stereocenters. The molecule has 0 bridgehead atoms. The Morgan fingerprint density at radius 1 is 1.82 bits per heavy atom. The highest BCUT2D eigenvalue weighted by molar-refractivity contribution is 7.99. The number of amides is 1. The molecule has 1 aromatic heterocycles. The molecule has 1 amide bonds. The largest absolute Gasteiger partial charge is 0.350 e. The fourth-order valence-electron chi connectivity index (χ4n) is 1.06. The number of carbonyl (C=O) groups excluding carboxylic acids is 1. The number of aromatic nitrogens is 1. The van der Waals surface area contributed by atoms with Crippen LogP contribution in [0.25, 0.3) is 0 Å². The molecule has 1 atom stereocenters. The van der Waals surface area contributed by atoms with Gasteiger partial charge in [-0.2, -0.15) is 0 Å². The number of carbonyl (C=O) groups is 1. The van der Waals surface area contributed by atoms with Gasteiger partial charge in [-0.05, 0) is 6.92 Å². The van der Waals surface area contributed by atoms with Crippen LogP contribution in [0.3, 0.4) is 0 Å². The molecule has 6 heteroatoms. The van der Waals surface area contributed by atoms with Crippen molar-refractivity contribution in [2.45, 2.75) is 13.0 Å². The van der Waals surface area contributed by atoms with E-state index in [0.29, 0.717) is 18.0 Å². The summed E-state index contributed by atoms with van der Waals surface area (Å²) in [6, 6.07) is -0.132. The van der Waals surface area contributed by atoms with Crippen molar-refractivity contribution in [1.29, 1.82) is 0 Å². The predicted molar refractivity (Wildman–Crippen MR) is 73.2 cm³/mol. The molecule has 1 rings (SSSR count). The van der Waals surface area contributed by atoms with Crippen LogP contribution in [-0.4, -0.2) is 28.9 Å². The lowest BCUT2D eigenvalue weighted by Crippen LogP contribution is -2.26. The van der Waals surface area contributed by atoms with Gasteiger partial charge in [0.1, 0.15) is 10.7 Å². The lowest BCUT2D eigenvalue weighted by molar-refractivity contribution is 0.0951. The van der Waals surface area contributed by atoms with Gasteiger partial charge in [0.15, 0.2) is 0 Å². The summed E-state index contributed by atoms with van der Waals surface area (Å²) in [6.07, 6.45) is 5.11. The van der Waals surface area contributed by atoms with E-state index in [1.165, 1.54) is 11.3 Å². The van der Waals surface area contributed by atoms with Crippen molar-refractivity contribution in [1.82, 2.24) is 10.3 Å². The Labute approximate surface area is 109 Å². The van der Waals surface area contributed by atoms with Crippen molar-refractivity contribution >= 4 is 29.0 Å². The molecule has 0 saturated carbocycles. The number of thioether (sulfide) groups is 1. The van der Waals surface area contributed by atoms with Gasteiger partial charge in [0.2, 0.25) is 0 Å². The third kappa shape index (κ3) is 4.77. The van der Waals surface area contributed by atoms with Gasteiger partial charge >= 0.3 is 0 Å². The van der Waals surface area contributed by atoms with Crippen LogP contribution in [0.15, 0.2) is 5.38 Å². The minimum Gasteiger partial charge on any atom is -0.350 e. The molecule has 4 nitrogen and oxygen atoms in total. The SMILES string of the molecule is C#CCSCCNC(=O)c1csc(C(C)N)n1. The Bertz CT molecular complexity index is 409. The molecule has 1 aromatic rings. The fourth-order valence-corrected chi connectivity index (χ4v) is 2.33. The number of nitrogens with one attached hydrogen (secondary N) is 1. The molecule has 1 heterocycles. The summed E-state index contributed by atoms with van der Waals surface area (Å²) in [6.45, 7) is 2.44. The summed E-state index contributed by atoms with van der Waals surface area (Å²) in [7, 11) is 0. The second kappa shape index (κ2) is 7.33. The quantitative estimate of drug-likeness (QED) is 0.602. The average Bonchev–Trinajstić information content (AvgIpc) is 2.78. The number of nitrogens with zero attached hydrogens (tertiary/aromatic N) is 1. The van der Waals surface area contributed by atoms with Crippen LogP contribution in [0.5, 0.6) is 0 Å². The van der Waals surface area contributed by atoms with Crippen LogP contribution < -0.4 is 11.1 Å². The van der Waals surface area contributed by atoms with E-state index in [-0.39, 0.29) is 11.9 Å². The van der Waals surface area contributed by atoms with E-state index in [1.54, 1.807) is 17.1 Å². The number of hydrogen-bond donors (Lipinski definition) is 2. The molecular formula is C11H15N3OS2. The highest BCUT2D eigenvalue weighted by Gasteiger charge is 2.11. The normalized spacial score (nSPS) is 11.8. The average molecular weight is 269 g/mol. The first-order chi connectivity index (χ1) is 8.15. The highest BCUT2D eigenvalue weighted by atomic mass is 32.2. The molecule has 0 radical (unpaired) electrons. The van der Waals surface area contributed by atoms with E-state index >= 15 is 0 Å². The van der Waals surface area contributed by atoms with Crippen molar-refractivity contribution in [3.8, 4) is 12.3 Å². The van der Waals surface area contributed by atoms with Crippen LogP contribution >= 0.6 is 23.1 Å². The molecule has 0 aliphatic carbocycles. The molecule has 17 heavy (non-hydrogen) atoms. The van der Waals surface area contributed by atoms with Gasteiger partial charge in [0.25, 0.3) is 5.91 Å². The first-order valence-corrected chi connectivity index (χ1v) is 7.19. The van der Waals surface area contributed by atoms with E-state index in [1.807, 2.05) is 6.92 Å². The van der Waals surface area contributed by atoms with Crippen LogP contribution in [0.2, 0.25) is 0 Å². The van der Waals surface area contributed by atoms with Crippen molar-refractivity contribution in [2.24, 2.45) is 5.73 Å². The maximum Gasteiger partial charge on any atom is 0.270 e. The lowest BCUT2D eigenvalue weighted by atomic mass is 10.4. The number of thiazole rings is 1. The maximum absolute atomic E-state index is 11.7. The first kappa shape index (κ1) is 14.0. The van der Waals surface area contributed by atoms with E-state index < -0.39 is 0 Å². The summed E-state index contributed by atoms with van der Waals surface area (Å²) in [5.74, 6) is 3.84. The Morgan fingerprint density at radius 2 is 2.59 bits per heavy atom. The Kier molecular flexibility index (Phi) is 6.05. The van der Waals surface area contributed by atoms with Crippen LogP contribution in [-0.2, 0) is 0 Å². The van der Waals surface area contributed by atoms with Gasteiger partial charge in [0, 0.05) is 17.7 Å². The number of hydrogen-bond acceptors (Lipinski definition) is 5. The number of nitrogens with two attached hydrogens (primary N) is 1. The number of rotatable bonds is 6.